The lowest BCUT2D eigenvalue weighted by atomic mass is 10.0. The van der Waals surface area contributed by atoms with Gasteiger partial charge in [-0.15, -0.1) is 11.3 Å². The second kappa shape index (κ2) is 10.5. The molecule has 0 aliphatic carbocycles. The van der Waals surface area contributed by atoms with Gasteiger partial charge in [-0.05, 0) is 52.2 Å². The van der Waals surface area contributed by atoms with Crippen molar-refractivity contribution < 1.29 is 18.8 Å². The second-order valence-corrected chi connectivity index (χ2v) is 10.1. The van der Waals surface area contributed by atoms with Crippen molar-refractivity contribution in [3.8, 4) is 0 Å². The number of H-pyrrole nitrogens is 1. The Balaban J connectivity index is 1.51. The second-order valence-electron chi connectivity index (χ2n) is 8.89. The third-order valence-electron chi connectivity index (χ3n) is 6.22. The van der Waals surface area contributed by atoms with Crippen LogP contribution in [0, 0.1) is 12.7 Å². The maximum Gasteiger partial charge on any atom is 0.263 e. The van der Waals surface area contributed by atoms with E-state index in [9.17, 15) is 18.8 Å². The van der Waals surface area contributed by atoms with Crippen molar-refractivity contribution in [2.45, 2.75) is 64.6 Å². The molecule has 0 saturated carbocycles. The average molecular weight is 501 g/mol. The van der Waals surface area contributed by atoms with Crippen molar-refractivity contribution in [3.05, 3.63) is 45.9 Å². The molecule has 1 saturated heterocycles. The molecule has 3 aromatic rings. The summed E-state index contributed by atoms with van der Waals surface area (Å²) >= 11 is 1.21. The van der Waals surface area contributed by atoms with E-state index in [-0.39, 0.29) is 23.9 Å². The van der Waals surface area contributed by atoms with Crippen LogP contribution in [0.15, 0.2) is 24.4 Å². The van der Waals surface area contributed by atoms with E-state index in [2.05, 4.69) is 25.6 Å². The number of benzene rings is 1. The minimum atomic E-state index is -1.09. The maximum atomic E-state index is 14.0. The number of carbonyl (C=O) groups excluding carboxylic acids is 3. The van der Waals surface area contributed by atoms with E-state index in [0.717, 1.165) is 24.3 Å². The van der Waals surface area contributed by atoms with Gasteiger partial charge in [0, 0.05) is 12.6 Å². The standard InChI is InChI=1S/C24H29FN6O3S/c1-13-7-4-5-10-31(13)20(32)11-18(29-24(34)19-12-26-15(3)35-19)23(33)27-14(2)22-28-17-9-6-8-16(25)21(17)30-22/h6,8-9,12-14,18H,4-5,7,10-11H2,1-3H3,(H,27,33)(H,28,30)(H,29,34)/t13-,14?,18?/m0/s1. The van der Waals surface area contributed by atoms with Crippen LogP contribution in [0.5, 0.6) is 0 Å². The Kier molecular flexibility index (Phi) is 7.44. The Morgan fingerprint density at radius 2 is 2.09 bits per heavy atom. The van der Waals surface area contributed by atoms with Gasteiger partial charge in [0.25, 0.3) is 5.91 Å². The lowest BCUT2D eigenvalue weighted by molar-refractivity contribution is -0.137. The molecule has 3 amide bonds. The molecule has 2 unspecified atom stereocenters. The topological polar surface area (TPSA) is 120 Å². The van der Waals surface area contributed by atoms with Crippen LogP contribution in [0.1, 0.15) is 66.1 Å². The first-order valence-corrected chi connectivity index (χ1v) is 12.5. The van der Waals surface area contributed by atoms with Crippen molar-refractivity contribution in [2.24, 2.45) is 0 Å². The maximum absolute atomic E-state index is 14.0. The molecule has 4 rings (SSSR count). The van der Waals surface area contributed by atoms with Gasteiger partial charge in [-0.2, -0.15) is 0 Å². The molecule has 1 aromatic carbocycles. The van der Waals surface area contributed by atoms with Crippen LogP contribution in [0.2, 0.25) is 0 Å². The van der Waals surface area contributed by atoms with E-state index >= 15 is 0 Å². The molecular weight excluding hydrogens is 471 g/mol. The summed E-state index contributed by atoms with van der Waals surface area (Å²) in [5.74, 6) is -1.26. The number of nitrogens with one attached hydrogen (secondary N) is 3. The van der Waals surface area contributed by atoms with Crippen molar-refractivity contribution in [2.75, 3.05) is 6.54 Å². The van der Waals surface area contributed by atoms with Crippen molar-refractivity contribution in [1.29, 1.82) is 0 Å². The van der Waals surface area contributed by atoms with E-state index in [1.807, 2.05) is 6.92 Å². The largest absolute Gasteiger partial charge is 0.345 e. The Labute approximate surface area is 206 Å². The number of aryl methyl sites for hydroxylation is 1. The van der Waals surface area contributed by atoms with E-state index < -0.39 is 29.7 Å². The molecule has 1 aliphatic heterocycles. The van der Waals surface area contributed by atoms with Gasteiger partial charge in [0.2, 0.25) is 11.8 Å². The fourth-order valence-electron chi connectivity index (χ4n) is 4.27. The number of hydrogen-bond donors (Lipinski definition) is 3. The number of amides is 3. The van der Waals surface area contributed by atoms with Gasteiger partial charge in [-0.25, -0.2) is 14.4 Å². The fraction of sp³-hybridized carbons (Fsp3) is 0.458. The normalized spacial score (nSPS) is 17.7. The molecule has 186 valence electrons. The van der Waals surface area contributed by atoms with Crippen LogP contribution in [0.3, 0.4) is 0 Å². The van der Waals surface area contributed by atoms with Crippen LogP contribution in [0.25, 0.3) is 11.0 Å². The van der Waals surface area contributed by atoms with Gasteiger partial charge >= 0.3 is 0 Å². The lowest BCUT2D eigenvalue weighted by Gasteiger charge is -2.34. The number of halogens is 1. The first-order chi connectivity index (χ1) is 16.7. The molecule has 0 bridgehead atoms. The van der Waals surface area contributed by atoms with Gasteiger partial charge in [-0.3, -0.25) is 14.4 Å². The minimum absolute atomic E-state index is 0.0872. The van der Waals surface area contributed by atoms with Crippen LogP contribution < -0.4 is 10.6 Å². The van der Waals surface area contributed by atoms with Gasteiger partial charge < -0.3 is 20.5 Å². The average Bonchev–Trinajstić information content (AvgIpc) is 3.46. The van der Waals surface area contributed by atoms with Gasteiger partial charge in [0.05, 0.1) is 29.2 Å². The summed E-state index contributed by atoms with van der Waals surface area (Å²) in [5, 5.41) is 6.23. The molecule has 1 aliphatic rings. The predicted octanol–water partition coefficient (Wildman–Crippen LogP) is 3.23. The zero-order chi connectivity index (χ0) is 25.1. The molecule has 35 heavy (non-hydrogen) atoms. The van der Waals surface area contributed by atoms with E-state index in [4.69, 9.17) is 0 Å². The fourth-order valence-corrected chi connectivity index (χ4v) is 4.95. The smallest absolute Gasteiger partial charge is 0.263 e. The number of likely N-dealkylation sites (tertiary alicyclic amines) is 1. The summed E-state index contributed by atoms with van der Waals surface area (Å²) in [7, 11) is 0. The molecule has 3 heterocycles. The molecule has 2 aromatic heterocycles. The highest BCUT2D eigenvalue weighted by Gasteiger charge is 2.31. The van der Waals surface area contributed by atoms with Crippen LogP contribution in [-0.4, -0.2) is 56.2 Å². The number of hydrogen-bond acceptors (Lipinski definition) is 6. The number of fused-ring (bicyclic) bond motifs is 1. The summed E-state index contributed by atoms with van der Waals surface area (Å²) < 4.78 is 14.0. The molecule has 0 radical (unpaired) electrons. The molecule has 1 fully saturated rings. The van der Waals surface area contributed by atoms with Crippen LogP contribution >= 0.6 is 11.3 Å². The Hall–Kier alpha value is -3.34. The highest BCUT2D eigenvalue weighted by molar-refractivity contribution is 7.13. The molecule has 0 spiro atoms. The van der Waals surface area contributed by atoms with Gasteiger partial charge in [0.1, 0.15) is 22.3 Å². The van der Waals surface area contributed by atoms with E-state index in [0.29, 0.717) is 22.8 Å². The van der Waals surface area contributed by atoms with E-state index in [1.165, 1.54) is 23.6 Å². The summed E-state index contributed by atoms with van der Waals surface area (Å²) in [6.07, 6.45) is 4.17. The van der Waals surface area contributed by atoms with Crippen LogP contribution in [-0.2, 0) is 9.59 Å². The Morgan fingerprint density at radius 1 is 1.29 bits per heavy atom. The SMILES string of the molecule is Cc1ncc(C(=O)NC(CC(=O)N2CCCC[C@@H]2C)C(=O)NC(C)c2nc3c(F)cccc3[nH]2)s1. The number of carbonyl (C=O) groups is 3. The number of para-hydroxylation sites is 1. The van der Waals surface area contributed by atoms with Crippen molar-refractivity contribution >= 4 is 40.1 Å². The van der Waals surface area contributed by atoms with Gasteiger partial charge in [-0.1, -0.05) is 6.07 Å². The molecule has 3 atom stereocenters. The summed E-state index contributed by atoms with van der Waals surface area (Å²) in [6, 6.07) is 2.98. The summed E-state index contributed by atoms with van der Waals surface area (Å²) in [4.78, 5) is 52.6. The first kappa shape index (κ1) is 24.8. The summed E-state index contributed by atoms with van der Waals surface area (Å²) in [5.41, 5.74) is 0.698. The zero-order valence-electron chi connectivity index (χ0n) is 19.9. The lowest BCUT2D eigenvalue weighted by Crippen LogP contribution is -2.51. The summed E-state index contributed by atoms with van der Waals surface area (Å²) in [6.45, 7) is 6.11. The predicted molar refractivity (Wildman–Crippen MR) is 130 cm³/mol. The number of aromatic nitrogens is 3. The minimum Gasteiger partial charge on any atom is -0.345 e. The highest BCUT2D eigenvalue weighted by Crippen LogP contribution is 2.20. The van der Waals surface area contributed by atoms with Crippen molar-refractivity contribution in [3.63, 3.8) is 0 Å². The Morgan fingerprint density at radius 3 is 2.77 bits per heavy atom. The molecule has 3 N–H and O–H groups in total. The third-order valence-corrected chi connectivity index (χ3v) is 7.13. The number of thiazole rings is 1. The van der Waals surface area contributed by atoms with Crippen LogP contribution in [0.4, 0.5) is 4.39 Å². The monoisotopic (exact) mass is 500 g/mol. The number of piperidine rings is 1. The van der Waals surface area contributed by atoms with E-state index in [1.54, 1.807) is 30.9 Å². The molecule has 11 heteroatoms. The number of rotatable bonds is 7. The van der Waals surface area contributed by atoms with Gasteiger partial charge in [0.15, 0.2) is 5.82 Å². The molecular formula is C24H29FN6O3S. The number of aromatic amines is 1. The quantitative estimate of drug-likeness (QED) is 0.460. The molecule has 9 nitrogen and oxygen atoms in total. The first-order valence-electron chi connectivity index (χ1n) is 11.7. The highest BCUT2D eigenvalue weighted by atomic mass is 32.1. The Bertz CT molecular complexity index is 1240. The number of nitrogens with zero attached hydrogens (tertiary/aromatic N) is 3. The number of imidazole rings is 1. The van der Waals surface area contributed by atoms with Crippen molar-refractivity contribution in [1.82, 2.24) is 30.5 Å². The zero-order valence-corrected chi connectivity index (χ0v) is 20.7. The third kappa shape index (κ3) is 5.67.